The molecule has 0 saturated heterocycles. The van der Waals surface area contributed by atoms with Gasteiger partial charge in [0.25, 0.3) is 0 Å². The molecule has 3 nitrogen and oxygen atoms in total. The van der Waals surface area contributed by atoms with E-state index in [1.165, 1.54) is 47.5 Å². The summed E-state index contributed by atoms with van der Waals surface area (Å²) in [6.45, 7) is 0. The standard InChI is InChI=1S/C53H33N3S/c1-4-15-34(16-5-1)39-21-10-11-22-41(39)48-33-47(55-53(56-48)38-19-8-3-9-20-38)36-29-27-35(28-30-36)40-24-14-25-42-43-31-32-45-49(52(43)57-51(40)42)44-23-12-13-26-46(44)54-50(45)37-17-6-2-7-18-37/h1-33H. The normalized spacial score (nSPS) is 11.5. The third-order valence-corrected chi connectivity index (χ3v) is 12.2. The lowest BCUT2D eigenvalue weighted by molar-refractivity contribution is 1.18. The summed E-state index contributed by atoms with van der Waals surface area (Å²) in [4.78, 5) is 15.5. The van der Waals surface area contributed by atoms with Crippen molar-refractivity contribution >= 4 is 53.2 Å². The Kier molecular flexibility index (Phi) is 8.01. The van der Waals surface area contributed by atoms with Gasteiger partial charge in [0.15, 0.2) is 5.82 Å². The maximum absolute atomic E-state index is 5.19. The van der Waals surface area contributed by atoms with Gasteiger partial charge in [0.2, 0.25) is 0 Å². The summed E-state index contributed by atoms with van der Waals surface area (Å²) in [6, 6.07) is 70.6. The first-order valence-corrected chi connectivity index (χ1v) is 20.0. The number of para-hydroxylation sites is 1. The van der Waals surface area contributed by atoms with E-state index in [2.05, 4.69) is 182 Å². The van der Waals surface area contributed by atoms with Crippen molar-refractivity contribution in [2.24, 2.45) is 0 Å². The summed E-state index contributed by atoms with van der Waals surface area (Å²) in [5, 5.41) is 6.16. The molecule has 266 valence electrons. The number of fused-ring (bicyclic) bond motifs is 7. The van der Waals surface area contributed by atoms with Crippen LogP contribution in [0.5, 0.6) is 0 Å². The number of nitrogens with zero attached hydrogens (tertiary/aromatic N) is 3. The van der Waals surface area contributed by atoms with Crippen molar-refractivity contribution in [1.82, 2.24) is 15.0 Å². The van der Waals surface area contributed by atoms with Crippen LogP contribution in [-0.4, -0.2) is 15.0 Å². The van der Waals surface area contributed by atoms with Crippen LogP contribution in [0.25, 0.3) is 109 Å². The Morgan fingerprint density at radius 3 is 1.63 bits per heavy atom. The van der Waals surface area contributed by atoms with Crippen molar-refractivity contribution in [2.75, 3.05) is 0 Å². The summed E-state index contributed by atoms with van der Waals surface area (Å²) < 4.78 is 2.57. The fourth-order valence-corrected chi connectivity index (χ4v) is 9.58. The van der Waals surface area contributed by atoms with Gasteiger partial charge in [-0.2, -0.15) is 0 Å². The molecule has 57 heavy (non-hydrogen) atoms. The van der Waals surface area contributed by atoms with E-state index in [4.69, 9.17) is 15.0 Å². The molecule has 0 spiro atoms. The smallest absolute Gasteiger partial charge is 0.160 e. The Labute approximate surface area is 334 Å². The van der Waals surface area contributed by atoms with Crippen LogP contribution >= 0.6 is 11.3 Å². The molecule has 0 aliphatic rings. The molecule has 3 heterocycles. The van der Waals surface area contributed by atoms with E-state index in [1.54, 1.807) is 0 Å². The second-order valence-electron chi connectivity index (χ2n) is 14.3. The molecule has 0 bridgehead atoms. The molecule has 4 heteroatoms. The molecule has 0 saturated carbocycles. The van der Waals surface area contributed by atoms with Crippen LogP contribution in [0.1, 0.15) is 0 Å². The van der Waals surface area contributed by atoms with Crippen molar-refractivity contribution < 1.29 is 0 Å². The molecule has 0 amide bonds. The third kappa shape index (κ3) is 5.78. The van der Waals surface area contributed by atoms with Crippen LogP contribution in [0.4, 0.5) is 0 Å². The highest BCUT2D eigenvalue weighted by Gasteiger charge is 2.19. The summed E-state index contributed by atoms with van der Waals surface area (Å²) in [7, 11) is 0. The van der Waals surface area contributed by atoms with Gasteiger partial charge in [0, 0.05) is 58.6 Å². The molecule has 0 N–H and O–H groups in total. The van der Waals surface area contributed by atoms with Gasteiger partial charge < -0.3 is 0 Å². The van der Waals surface area contributed by atoms with Crippen molar-refractivity contribution in [3.05, 3.63) is 200 Å². The zero-order valence-electron chi connectivity index (χ0n) is 30.8. The van der Waals surface area contributed by atoms with Gasteiger partial charge >= 0.3 is 0 Å². The zero-order chi connectivity index (χ0) is 37.7. The number of hydrogen-bond acceptors (Lipinski definition) is 4. The van der Waals surface area contributed by atoms with Gasteiger partial charge in [-0.05, 0) is 34.4 Å². The van der Waals surface area contributed by atoms with Gasteiger partial charge in [0.1, 0.15) is 0 Å². The number of hydrogen-bond donors (Lipinski definition) is 0. The first-order chi connectivity index (χ1) is 28.3. The number of benzene rings is 8. The van der Waals surface area contributed by atoms with Crippen LogP contribution in [0, 0.1) is 0 Å². The topological polar surface area (TPSA) is 38.7 Å². The largest absolute Gasteiger partial charge is 0.247 e. The van der Waals surface area contributed by atoms with Crippen molar-refractivity contribution in [3.8, 4) is 67.4 Å². The van der Waals surface area contributed by atoms with Gasteiger partial charge in [0.05, 0.1) is 22.6 Å². The maximum Gasteiger partial charge on any atom is 0.160 e. The Bertz CT molecular complexity index is 3260. The highest BCUT2D eigenvalue weighted by Crippen LogP contribution is 2.46. The van der Waals surface area contributed by atoms with Crippen LogP contribution in [-0.2, 0) is 0 Å². The van der Waals surface area contributed by atoms with E-state index < -0.39 is 0 Å². The minimum atomic E-state index is 0.704. The van der Waals surface area contributed by atoms with Gasteiger partial charge in [-0.25, -0.2) is 15.0 Å². The molecular formula is C53H33N3S. The van der Waals surface area contributed by atoms with E-state index in [9.17, 15) is 0 Å². The summed E-state index contributed by atoms with van der Waals surface area (Å²) in [6.07, 6.45) is 0. The predicted octanol–water partition coefficient (Wildman–Crippen LogP) is 14.5. The SMILES string of the molecule is c1ccc(-c2nc(-c3ccc(-c4cccc5c4sc4c5ccc5c(-c6ccccc6)nc6ccccc6c54)cc3)cc(-c3ccccc3-c3ccccc3)n2)cc1. The highest BCUT2D eigenvalue weighted by molar-refractivity contribution is 7.27. The first kappa shape index (κ1) is 33.1. The lowest BCUT2D eigenvalue weighted by Gasteiger charge is -2.13. The second-order valence-corrected chi connectivity index (χ2v) is 15.3. The maximum atomic E-state index is 5.19. The van der Waals surface area contributed by atoms with Crippen LogP contribution in [0.2, 0.25) is 0 Å². The average Bonchev–Trinajstić information content (AvgIpc) is 3.69. The number of pyridine rings is 1. The molecule has 0 fully saturated rings. The highest BCUT2D eigenvalue weighted by atomic mass is 32.1. The predicted molar refractivity (Wildman–Crippen MR) is 240 cm³/mol. The van der Waals surface area contributed by atoms with E-state index in [0.29, 0.717) is 5.82 Å². The fourth-order valence-electron chi connectivity index (χ4n) is 8.18. The lowest BCUT2D eigenvalue weighted by Crippen LogP contribution is -1.97. The monoisotopic (exact) mass is 743 g/mol. The van der Waals surface area contributed by atoms with Crippen LogP contribution in [0.3, 0.4) is 0 Å². The quantitative estimate of drug-likeness (QED) is 0.159. The average molecular weight is 744 g/mol. The fraction of sp³-hybridized carbons (Fsp3) is 0. The third-order valence-electron chi connectivity index (χ3n) is 10.9. The molecule has 0 aliphatic heterocycles. The van der Waals surface area contributed by atoms with Crippen molar-refractivity contribution in [2.45, 2.75) is 0 Å². The van der Waals surface area contributed by atoms with Crippen molar-refractivity contribution in [1.29, 1.82) is 0 Å². The minimum Gasteiger partial charge on any atom is -0.247 e. The molecule has 0 unspecified atom stereocenters. The molecule has 8 aromatic carbocycles. The summed E-state index contributed by atoms with van der Waals surface area (Å²) in [5.74, 6) is 0.704. The Morgan fingerprint density at radius 2 is 0.860 bits per heavy atom. The second kappa shape index (κ2) is 13.8. The number of aromatic nitrogens is 3. The Balaban J connectivity index is 1.05. The van der Waals surface area contributed by atoms with Gasteiger partial charge in [-0.15, -0.1) is 11.3 Å². The van der Waals surface area contributed by atoms with Crippen LogP contribution < -0.4 is 0 Å². The molecule has 11 aromatic rings. The molecule has 0 radical (unpaired) electrons. The van der Waals surface area contributed by atoms with Gasteiger partial charge in [-0.3, -0.25) is 0 Å². The van der Waals surface area contributed by atoms with Crippen LogP contribution in [0.15, 0.2) is 200 Å². The summed E-state index contributed by atoms with van der Waals surface area (Å²) >= 11 is 1.88. The van der Waals surface area contributed by atoms with E-state index in [1.807, 2.05) is 29.5 Å². The van der Waals surface area contributed by atoms with Crippen molar-refractivity contribution in [3.63, 3.8) is 0 Å². The molecule has 11 rings (SSSR count). The van der Waals surface area contributed by atoms with E-state index in [-0.39, 0.29) is 0 Å². The Morgan fingerprint density at radius 1 is 0.316 bits per heavy atom. The lowest BCUT2D eigenvalue weighted by atomic mass is 9.96. The summed E-state index contributed by atoms with van der Waals surface area (Å²) in [5.41, 5.74) is 12.7. The van der Waals surface area contributed by atoms with Gasteiger partial charge in [-0.1, -0.05) is 188 Å². The molecule has 0 atom stereocenters. The molecule has 0 aliphatic carbocycles. The van der Waals surface area contributed by atoms with E-state index >= 15 is 0 Å². The molecule has 3 aromatic heterocycles. The molecular weight excluding hydrogens is 711 g/mol. The Hall–Kier alpha value is -7.27. The first-order valence-electron chi connectivity index (χ1n) is 19.2. The number of rotatable bonds is 6. The van der Waals surface area contributed by atoms with E-state index in [0.717, 1.165) is 56.0 Å². The zero-order valence-corrected chi connectivity index (χ0v) is 31.6. The number of thiophene rings is 1. The minimum absolute atomic E-state index is 0.704.